The van der Waals surface area contributed by atoms with Gasteiger partial charge >= 0.3 is 0 Å². The Bertz CT molecular complexity index is 1360. The second kappa shape index (κ2) is 10.8. The Labute approximate surface area is 231 Å². The molecule has 0 amide bonds. The Hall–Kier alpha value is -3.18. The quantitative estimate of drug-likeness (QED) is 0.277. The van der Waals surface area contributed by atoms with Gasteiger partial charge in [-0.05, 0) is 102 Å². The van der Waals surface area contributed by atoms with Crippen LogP contribution >= 0.6 is 0 Å². The van der Waals surface area contributed by atoms with Gasteiger partial charge in [0, 0.05) is 24.0 Å². The lowest BCUT2D eigenvalue weighted by molar-refractivity contribution is -0.117. The van der Waals surface area contributed by atoms with E-state index in [1.54, 1.807) is 26.4 Å². The van der Waals surface area contributed by atoms with Gasteiger partial charge in [0.15, 0.2) is 0 Å². The van der Waals surface area contributed by atoms with Gasteiger partial charge in [0.25, 0.3) is 0 Å². The summed E-state index contributed by atoms with van der Waals surface area (Å²) in [5.74, 6) is 1.22. The van der Waals surface area contributed by atoms with Crippen molar-refractivity contribution >= 4 is 6.29 Å². The first kappa shape index (κ1) is 27.4. The van der Waals surface area contributed by atoms with Crippen LogP contribution in [0, 0.1) is 17.2 Å². The van der Waals surface area contributed by atoms with Crippen molar-refractivity contribution in [3.63, 3.8) is 0 Å². The number of fused-ring (bicyclic) bond motifs is 2. The summed E-state index contributed by atoms with van der Waals surface area (Å²) in [6, 6.07) is 17.2. The van der Waals surface area contributed by atoms with Crippen LogP contribution in [-0.4, -0.2) is 20.5 Å². The van der Waals surface area contributed by atoms with Crippen LogP contribution in [0.5, 0.6) is 11.5 Å². The second-order valence-corrected chi connectivity index (χ2v) is 12.1. The Morgan fingerprint density at radius 2 is 1.79 bits per heavy atom. The standard InChI is InChI=1S/C34H39FO4/c1-33(2,3)32(38-5)29-17-22(8-12-27(29)28-18-25(37-4)11-13-31(28)35)21-39-26-10-9-23-7-6-15-34(30(23)19-26)16-14-24(34)20-36/h8-13,17-20,24,32H,6-7,14-16,21H2,1-5H3/t24-,32+,34+/m0/s1. The molecule has 0 aromatic heterocycles. The zero-order valence-corrected chi connectivity index (χ0v) is 23.7. The highest BCUT2D eigenvalue weighted by atomic mass is 19.1. The van der Waals surface area contributed by atoms with Crippen LogP contribution < -0.4 is 9.47 Å². The van der Waals surface area contributed by atoms with Gasteiger partial charge in [0.2, 0.25) is 0 Å². The Kier molecular flexibility index (Phi) is 7.56. The van der Waals surface area contributed by atoms with Crippen LogP contribution in [-0.2, 0) is 28.0 Å². The number of benzene rings is 3. The van der Waals surface area contributed by atoms with Crippen molar-refractivity contribution in [3.8, 4) is 22.6 Å². The Morgan fingerprint density at radius 1 is 1.00 bits per heavy atom. The molecule has 1 saturated carbocycles. The molecule has 0 saturated heterocycles. The minimum Gasteiger partial charge on any atom is -0.497 e. The molecule has 0 unspecified atom stereocenters. The average Bonchev–Trinajstić information content (AvgIpc) is 2.91. The molecule has 0 bridgehead atoms. The fourth-order valence-corrected chi connectivity index (χ4v) is 6.67. The lowest BCUT2D eigenvalue weighted by Crippen LogP contribution is -2.47. The molecule has 0 N–H and O–H groups in total. The number of aryl methyl sites for hydroxylation is 1. The maximum absolute atomic E-state index is 15.1. The van der Waals surface area contributed by atoms with Crippen LogP contribution in [0.15, 0.2) is 54.6 Å². The molecule has 0 radical (unpaired) electrons. The second-order valence-electron chi connectivity index (χ2n) is 12.1. The predicted octanol–water partition coefficient (Wildman–Crippen LogP) is 8.00. The van der Waals surface area contributed by atoms with E-state index < -0.39 is 0 Å². The number of aldehydes is 1. The molecular weight excluding hydrogens is 491 g/mol. The molecule has 3 atom stereocenters. The van der Waals surface area contributed by atoms with E-state index in [9.17, 15) is 4.79 Å². The highest BCUT2D eigenvalue weighted by Gasteiger charge is 2.49. The zero-order chi connectivity index (χ0) is 27.8. The molecule has 1 spiro atoms. The summed E-state index contributed by atoms with van der Waals surface area (Å²) in [6.07, 6.45) is 6.20. The maximum Gasteiger partial charge on any atom is 0.131 e. The largest absolute Gasteiger partial charge is 0.497 e. The molecule has 2 aliphatic rings. The number of rotatable bonds is 8. The van der Waals surface area contributed by atoms with Crippen LogP contribution in [0.2, 0.25) is 0 Å². The Morgan fingerprint density at radius 3 is 2.46 bits per heavy atom. The molecule has 2 aliphatic carbocycles. The number of carbonyl (C=O) groups is 1. The number of halogens is 1. The molecule has 0 heterocycles. The van der Waals surface area contributed by atoms with Crippen molar-refractivity contribution in [2.24, 2.45) is 11.3 Å². The van der Waals surface area contributed by atoms with E-state index >= 15 is 4.39 Å². The third kappa shape index (κ3) is 5.09. The number of ether oxygens (including phenoxy) is 3. The highest BCUT2D eigenvalue weighted by Crippen LogP contribution is 2.55. The van der Waals surface area contributed by atoms with Gasteiger partial charge in [-0.25, -0.2) is 4.39 Å². The van der Waals surface area contributed by atoms with E-state index in [0.717, 1.165) is 60.8 Å². The topological polar surface area (TPSA) is 44.8 Å². The maximum atomic E-state index is 15.1. The van der Waals surface area contributed by atoms with Crippen LogP contribution in [0.4, 0.5) is 4.39 Å². The van der Waals surface area contributed by atoms with Crippen LogP contribution in [0.1, 0.15) is 74.8 Å². The molecule has 4 nitrogen and oxygen atoms in total. The van der Waals surface area contributed by atoms with E-state index in [1.165, 1.54) is 17.2 Å². The SMILES string of the molecule is COc1ccc(F)c(-c2ccc(COc3ccc4c(c3)[C@]3(CCC4)CC[C@H]3C=O)cc2[C@@H](OC)C(C)(C)C)c1. The molecule has 39 heavy (non-hydrogen) atoms. The fraction of sp³-hybridized carbons (Fsp3) is 0.441. The van der Waals surface area contributed by atoms with Crippen LogP contribution in [0.25, 0.3) is 11.1 Å². The number of hydrogen-bond donors (Lipinski definition) is 0. The van der Waals surface area contributed by atoms with Gasteiger partial charge in [-0.1, -0.05) is 39.0 Å². The molecule has 0 aliphatic heterocycles. The summed E-state index contributed by atoms with van der Waals surface area (Å²) in [5.41, 5.74) is 5.56. The summed E-state index contributed by atoms with van der Waals surface area (Å²) in [4.78, 5) is 11.8. The molecule has 1 fully saturated rings. The van der Waals surface area contributed by atoms with Crippen molar-refractivity contribution in [2.45, 2.75) is 71.0 Å². The van der Waals surface area contributed by atoms with Gasteiger partial charge in [0.1, 0.15) is 30.2 Å². The Balaban J connectivity index is 1.47. The summed E-state index contributed by atoms with van der Waals surface area (Å²) in [6.45, 7) is 6.72. The van der Waals surface area contributed by atoms with E-state index in [0.29, 0.717) is 17.9 Å². The fourth-order valence-electron chi connectivity index (χ4n) is 6.67. The van der Waals surface area contributed by atoms with Crippen molar-refractivity contribution in [3.05, 3.63) is 82.7 Å². The summed E-state index contributed by atoms with van der Waals surface area (Å²) in [7, 11) is 3.28. The normalized spacial score (nSPS) is 21.1. The monoisotopic (exact) mass is 530 g/mol. The zero-order valence-electron chi connectivity index (χ0n) is 23.7. The third-order valence-corrected chi connectivity index (χ3v) is 8.75. The van der Waals surface area contributed by atoms with E-state index in [4.69, 9.17) is 14.2 Å². The van der Waals surface area contributed by atoms with Crippen molar-refractivity contribution < 1.29 is 23.4 Å². The summed E-state index contributed by atoms with van der Waals surface area (Å²) >= 11 is 0. The van der Waals surface area contributed by atoms with Crippen molar-refractivity contribution in [1.29, 1.82) is 0 Å². The first-order valence-electron chi connectivity index (χ1n) is 13.9. The molecular formula is C34H39FO4. The van der Waals surface area contributed by atoms with Gasteiger partial charge in [-0.3, -0.25) is 0 Å². The highest BCUT2D eigenvalue weighted by molar-refractivity contribution is 5.70. The van der Waals surface area contributed by atoms with Crippen LogP contribution in [0.3, 0.4) is 0 Å². The average molecular weight is 531 g/mol. The number of carbonyl (C=O) groups excluding carboxylic acids is 1. The molecule has 206 valence electrons. The van der Waals surface area contributed by atoms with Crippen molar-refractivity contribution in [1.82, 2.24) is 0 Å². The van der Waals surface area contributed by atoms with Gasteiger partial charge < -0.3 is 19.0 Å². The minimum atomic E-state index is -0.308. The van der Waals surface area contributed by atoms with Gasteiger partial charge in [0.05, 0.1) is 13.2 Å². The molecule has 5 heteroatoms. The summed E-state index contributed by atoms with van der Waals surface area (Å²) in [5, 5.41) is 0. The van der Waals surface area contributed by atoms with E-state index in [-0.39, 0.29) is 28.7 Å². The third-order valence-electron chi connectivity index (χ3n) is 8.75. The lowest BCUT2D eigenvalue weighted by atomic mass is 9.52. The van der Waals surface area contributed by atoms with Gasteiger partial charge in [-0.15, -0.1) is 0 Å². The smallest absolute Gasteiger partial charge is 0.131 e. The first-order valence-corrected chi connectivity index (χ1v) is 13.9. The van der Waals surface area contributed by atoms with Gasteiger partial charge in [-0.2, -0.15) is 0 Å². The predicted molar refractivity (Wildman–Crippen MR) is 152 cm³/mol. The molecule has 3 aromatic carbocycles. The first-order chi connectivity index (χ1) is 18.7. The number of methoxy groups -OCH3 is 2. The van der Waals surface area contributed by atoms with E-state index in [2.05, 4.69) is 39.0 Å². The minimum absolute atomic E-state index is 0.0112. The molecule has 3 aromatic rings. The lowest BCUT2D eigenvalue weighted by Gasteiger charge is -2.51. The van der Waals surface area contributed by atoms with Crippen molar-refractivity contribution in [2.75, 3.05) is 14.2 Å². The molecule has 5 rings (SSSR count). The summed E-state index contributed by atoms with van der Waals surface area (Å²) < 4.78 is 32.7. The number of hydrogen-bond acceptors (Lipinski definition) is 4. The van der Waals surface area contributed by atoms with E-state index in [1.807, 2.05) is 18.2 Å².